The van der Waals surface area contributed by atoms with E-state index in [0.29, 0.717) is 18.4 Å². The second kappa shape index (κ2) is 5.91. The number of amides is 1. The van der Waals surface area contributed by atoms with Gasteiger partial charge < -0.3 is 10.2 Å². The molecule has 0 spiro atoms. The summed E-state index contributed by atoms with van der Waals surface area (Å²) in [5, 5.41) is 9.80. The van der Waals surface area contributed by atoms with Crippen molar-refractivity contribution in [2.24, 2.45) is 5.92 Å². The summed E-state index contributed by atoms with van der Waals surface area (Å²) < 4.78 is 0. The maximum absolute atomic E-state index is 12.0. The van der Waals surface area contributed by atoms with E-state index in [1.807, 2.05) is 0 Å². The van der Waals surface area contributed by atoms with Gasteiger partial charge in [-0.2, -0.15) is 0 Å². The zero-order chi connectivity index (χ0) is 13.9. The number of hydrogen-bond donors (Lipinski definition) is 2. The van der Waals surface area contributed by atoms with Crippen LogP contribution in [0.5, 0.6) is 0 Å². The first-order chi connectivity index (χ1) is 9.72. The van der Waals surface area contributed by atoms with Crippen molar-refractivity contribution in [1.82, 2.24) is 25.4 Å². The van der Waals surface area contributed by atoms with E-state index in [-0.39, 0.29) is 11.7 Å². The summed E-state index contributed by atoms with van der Waals surface area (Å²) in [4.78, 5) is 18.7. The predicted molar refractivity (Wildman–Crippen MR) is 75.5 cm³/mol. The number of nitrogens with one attached hydrogen (secondary N) is 2. The first-order valence-electron chi connectivity index (χ1n) is 7.65. The normalized spacial score (nSPS) is 21.1. The lowest BCUT2D eigenvalue weighted by atomic mass is 10.1. The van der Waals surface area contributed by atoms with Crippen LogP contribution in [0.4, 0.5) is 0 Å². The third-order valence-electron chi connectivity index (χ3n) is 4.05. The molecule has 1 aliphatic heterocycles. The van der Waals surface area contributed by atoms with E-state index in [1.165, 1.54) is 25.9 Å². The van der Waals surface area contributed by atoms with Crippen molar-refractivity contribution in [2.75, 3.05) is 26.2 Å². The number of aromatic amines is 1. The molecule has 3 rings (SSSR count). The highest BCUT2D eigenvalue weighted by Crippen LogP contribution is 2.37. The van der Waals surface area contributed by atoms with Gasteiger partial charge in [0.25, 0.3) is 5.91 Å². The molecule has 0 aromatic carbocycles. The fourth-order valence-electron chi connectivity index (χ4n) is 2.73. The van der Waals surface area contributed by atoms with Gasteiger partial charge in [0.15, 0.2) is 0 Å². The SMILES string of the molecule is CC(CNC(=O)c1n[nH]c(C2CC2)n1)CN1CCCC1. The number of hydrogen-bond acceptors (Lipinski definition) is 4. The molecular formula is C14H23N5O. The van der Waals surface area contributed by atoms with Crippen LogP contribution in [0, 0.1) is 5.92 Å². The van der Waals surface area contributed by atoms with Crippen molar-refractivity contribution < 1.29 is 4.79 Å². The average Bonchev–Trinajstić information content (AvgIpc) is 2.96. The Kier molecular flexibility index (Phi) is 4.00. The molecule has 1 amide bonds. The second-order valence-corrected chi connectivity index (χ2v) is 6.14. The van der Waals surface area contributed by atoms with E-state index in [9.17, 15) is 4.79 Å². The van der Waals surface area contributed by atoms with Gasteiger partial charge in [-0.3, -0.25) is 9.89 Å². The molecule has 2 heterocycles. The summed E-state index contributed by atoms with van der Waals surface area (Å²) in [5.41, 5.74) is 0. The van der Waals surface area contributed by atoms with E-state index in [0.717, 1.165) is 25.2 Å². The fourth-order valence-corrected chi connectivity index (χ4v) is 2.73. The third kappa shape index (κ3) is 3.36. The zero-order valence-corrected chi connectivity index (χ0v) is 12.1. The number of aromatic nitrogens is 3. The van der Waals surface area contributed by atoms with Gasteiger partial charge in [-0.25, -0.2) is 4.98 Å². The van der Waals surface area contributed by atoms with Crippen LogP contribution >= 0.6 is 0 Å². The summed E-state index contributed by atoms with van der Waals surface area (Å²) in [6, 6.07) is 0. The van der Waals surface area contributed by atoms with Gasteiger partial charge in [0.2, 0.25) is 5.82 Å². The molecule has 1 unspecified atom stereocenters. The molecule has 1 saturated heterocycles. The molecule has 2 N–H and O–H groups in total. The number of rotatable bonds is 6. The maximum Gasteiger partial charge on any atom is 0.290 e. The molecule has 1 saturated carbocycles. The summed E-state index contributed by atoms with van der Waals surface area (Å²) in [7, 11) is 0. The van der Waals surface area contributed by atoms with E-state index in [2.05, 4.69) is 32.3 Å². The van der Waals surface area contributed by atoms with Crippen LogP contribution in [-0.4, -0.2) is 52.2 Å². The number of carbonyl (C=O) groups excluding carboxylic acids is 1. The summed E-state index contributed by atoms with van der Waals surface area (Å²) >= 11 is 0. The summed E-state index contributed by atoms with van der Waals surface area (Å²) in [5.74, 6) is 1.93. The van der Waals surface area contributed by atoms with Crippen LogP contribution < -0.4 is 5.32 Å². The van der Waals surface area contributed by atoms with Crippen molar-refractivity contribution in [3.63, 3.8) is 0 Å². The van der Waals surface area contributed by atoms with Crippen LogP contribution in [0.1, 0.15) is 55.0 Å². The van der Waals surface area contributed by atoms with Gasteiger partial charge >= 0.3 is 0 Å². The van der Waals surface area contributed by atoms with Crippen molar-refractivity contribution >= 4 is 5.91 Å². The van der Waals surface area contributed by atoms with Crippen LogP contribution in [-0.2, 0) is 0 Å². The number of carbonyl (C=O) groups is 1. The molecular weight excluding hydrogens is 254 g/mol. The molecule has 2 fully saturated rings. The Morgan fingerprint density at radius 3 is 2.90 bits per heavy atom. The van der Waals surface area contributed by atoms with E-state index >= 15 is 0 Å². The minimum absolute atomic E-state index is 0.165. The van der Waals surface area contributed by atoms with Crippen LogP contribution in [0.25, 0.3) is 0 Å². The molecule has 0 bridgehead atoms. The average molecular weight is 277 g/mol. The highest BCUT2D eigenvalue weighted by Gasteiger charge is 2.28. The highest BCUT2D eigenvalue weighted by molar-refractivity contribution is 5.90. The summed E-state index contributed by atoms with van der Waals surface area (Å²) in [6.45, 7) is 6.31. The number of nitrogens with zero attached hydrogens (tertiary/aromatic N) is 3. The molecule has 110 valence electrons. The first-order valence-corrected chi connectivity index (χ1v) is 7.65. The Morgan fingerprint density at radius 2 is 2.20 bits per heavy atom. The first kappa shape index (κ1) is 13.5. The zero-order valence-electron chi connectivity index (χ0n) is 12.1. The van der Waals surface area contributed by atoms with Crippen LogP contribution in [0.15, 0.2) is 0 Å². The van der Waals surface area contributed by atoms with Gasteiger partial charge in [-0.15, -0.1) is 5.10 Å². The second-order valence-electron chi connectivity index (χ2n) is 6.14. The highest BCUT2D eigenvalue weighted by atomic mass is 16.2. The van der Waals surface area contributed by atoms with Gasteiger partial charge in [-0.1, -0.05) is 6.92 Å². The minimum atomic E-state index is -0.165. The van der Waals surface area contributed by atoms with Crippen LogP contribution in [0.2, 0.25) is 0 Å². The van der Waals surface area contributed by atoms with Gasteiger partial charge in [0.1, 0.15) is 5.82 Å². The lowest BCUT2D eigenvalue weighted by molar-refractivity contribution is 0.0935. The monoisotopic (exact) mass is 277 g/mol. The Hall–Kier alpha value is -1.43. The van der Waals surface area contributed by atoms with Gasteiger partial charge in [0, 0.05) is 19.0 Å². The Morgan fingerprint density at radius 1 is 1.45 bits per heavy atom. The largest absolute Gasteiger partial charge is 0.349 e. The predicted octanol–water partition coefficient (Wildman–Crippen LogP) is 1.14. The van der Waals surface area contributed by atoms with Gasteiger partial charge in [-0.05, 0) is 44.7 Å². The smallest absolute Gasteiger partial charge is 0.290 e. The fraction of sp³-hybridized carbons (Fsp3) is 0.786. The Labute approximate surface area is 119 Å². The number of H-pyrrole nitrogens is 1. The van der Waals surface area contributed by atoms with Crippen molar-refractivity contribution in [3.05, 3.63) is 11.6 Å². The standard InChI is InChI=1S/C14H23N5O/c1-10(9-19-6-2-3-7-19)8-15-14(20)13-16-12(17-18-13)11-4-5-11/h10-11H,2-9H2,1H3,(H,15,20)(H,16,17,18). The molecule has 0 radical (unpaired) electrons. The van der Waals surface area contributed by atoms with Crippen molar-refractivity contribution in [1.29, 1.82) is 0 Å². The van der Waals surface area contributed by atoms with E-state index in [4.69, 9.17) is 0 Å². The lowest BCUT2D eigenvalue weighted by Gasteiger charge is -2.20. The number of likely N-dealkylation sites (tertiary alicyclic amines) is 1. The quantitative estimate of drug-likeness (QED) is 0.818. The lowest BCUT2D eigenvalue weighted by Crippen LogP contribution is -2.34. The molecule has 6 nitrogen and oxygen atoms in total. The van der Waals surface area contributed by atoms with E-state index in [1.54, 1.807) is 0 Å². The topological polar surface area (TPSA) is 73.9 Å². The maximum atomic E-state index is 12.0. The molecule has 1 aliphatic carbocycles. The third-order valence-corrected chi connectivity index (χ3v) is 4.05. The molecule has 1 aromatic rings. The molecule has 1 atom stereocenters. The van der Waals surface area contributed by atoms with Crippen molar-refractivity contribution in [2.45, 2.75) is 38.5 Å². The molecule has 2 aliphatic rings. The van der Waals surface area contributed by atoms with Crippen molar-refractivity contribution in [3.8, 4) is 0 Å². The molecule has 1 aromatic heterocycles. The van der Waals surface area contributed by atoms with E-state index < -0.39 is 0 Å². The molecule has 6 heteroatoms. The Bertz CT molecular complexity index is 462. The van der Waals surface area contributed by atoms with Gasteiger partial charge in [0.05, 0.1) is 0 Å². The minimum Gasteiger partial charge on any atom is -0.349 e. The Balaban J connectivity index is 1.43. The van der Waals surface area contributed by atoms with Crippen LogP contribution in [0.3, 0.4) is 0 Å². The summed E-state index contributed by atoms with van der Waals surface area (Å²) in [6.07, 6.45) is 4.92. The molecule has 20 heavy (non-hydrogen) atoms.